The van der Waals surface area contributed by atoms with Crippen LogP contribution in [0.5, 0.6) is 5.75 Å². The Morgan fingerprint density at radius 2 is 1.87 bits per heavy atom. The maximum Gasteiger partial charge on any atom is 0.259 e. The number of nitrogens with zero attached hydrogens (tertiary/aromatic N) is 3. The average Bonchev–Trinajstić information content (AvgIpc) is 3.33. The topological polar surface area (TPSA) is 75.0 Å². The highest BCUT2D eigenvalue weighted by atomic mass is 19.1. The van der Waals surface area contributed by atoms with Crippen LogP contribution in [0.25, 0.3) is 0 Å². The van der Waals surface area contributed by atoms with Gasteiger partial charge in [-0.25, -0.2) is 4.39 Å². The molecule has 5 rings (SSSR count). The second-order valence-corrected chi connectivity index (χ2v) is 7.32. The molecule has 1 aromatic heterocycles. The summed E-state index contributed by atoms with van der Waals surface area (Å²) in [4.78, 5) is 17.7. The number of benzene rings is 2. The van der Waals surface area contributed by atoms with E-state index in [1.54, 1.807) is 13.1 Å². The molecular weight excluding hydrogens is 385 g/mol. The van der Waals surface area contributed by atoms with Crippen LogP contribution in [0, 0.1) is 18.7 Å². The van der Waals surface area contributed by atoms with Gasteiger partial charge in [-0.1, -0.05) is 30.3 Å². The first kappa shape index (κ1) is 18.4. The normalized spacial score (nSPS) is 20.4. The molecule has 150 valence electrons. The maximum atomic E-state index is 13.5. The van der Waals surface area contributed by atoms with Crippen molar-refractivity contribution in [1.29, 1.82) is 0 Å². The molecule has 2 aliphatic rings. The number of aromatic hydroxyl groups is 1. The molecule has 6 nitrogen and oxygen atoms in total. The molecule has 0 bridgehead atoms. The van der Waals surface area contributed by atoms with E-state index in [9.17, 15) is 14.3 Å². The second kappa shape index (κ2) is 7.03. The zero-order chi connectivity index (χ0) is 20.8. The Morgan fingerprint density at radius 1 is 1.13 bits per heavy atom. The van der Waals surface area contributed by atoms with E-state index >= 15 is 0 Å². The number of aryl methyl sites for hydroxylation is 1. The van der Waals surface area contributed by atoms with E-state index in [0.717, 1.165) is 11.1 Å². The van der Waals surface area contributed by atoms with E-state index < -0.39 is 17.8 Å². The summed E-state index contributed by atoms with van der Waals surface area (Å²) in [6.07, 6.45) is 0.972. The van der Waals surface area contributed by atoms with Gasteiger partial charge in [0.05, 0.1) is 23.7 Å². The van der Waals surface area contributed by atoms with Crippen molar-refractivity contribution in [2.24, 2.45) is 11.0 Å². The van der Waals surface area contributed by atoms with Gasteiger partial charge in [0.25, 0.3) is 5.91 Å². The molecule has 0 saturated carbocycles. The Morgan fingerprint density at radius 3 is 2.60 bits per heavy atom. The number of anilines is 1. The van der Waals surface area contributed by atoms with Gasteiger partial charge < -0.3 is 9.84 Å². The molecule has 1 amide bonds. The van der Waals surface area contributed by atoms with Crippen molar-refractivity contribution in [3.63, 3.8) is 0 Å². The molecule has 30 heavy (non-hydrogen) atoms. The lowest BCUT2D eigenvalue weighted by molar-refractivity contribution is -0.123. The minimum atomic E-state index is -0.758. The van der Waals surface area contributed by atoms with E-state index in [-0.39, 0.29) is 18.3 Å². The summed E-state index contributed by atoms with van der Waals surface area (Å²) in [7, 11) is 0. The fraction of sp³-hybridized carbons (Fsp3) is 0.174. The predicted molar refractivity (Wildman–Crippen MR) is 109 cm³/mol. The summed E-state index contributed by atoms with van der Waals surface area (Å²) in [6, 6.07) is 15.0. The summed E-state index contributed by atoms with van der Waals surface area (Å²) in [5.74, 6) is -1.41. The fourth-order valence-electron chi connectivity index (χ4n) is 3.96. The third kappa shape index (κ3) is 2.86. The van der Waals surface area contributed by atoms with E-state index in [0.29, 0.717) is 22.7 Å². The SMILES string of the molecule is Cc1ncc2c(c1O)[C@@H]([C@@H]1C(=O)N(c3ccc(F)cc3)N=C1c1ccccc1)OC2. The van der Waals surface area contributed by atoms with Crippen molar-refractivity contribution in [3.05, 3.63) is 89.0 Å². The monoisotopic (exact) mass is 403 g/mol. The molecule has 2 aromatic carbocycles. The summed E-state index contributed by atoms with van der Waals surface area (Å²) < 4.78 is 19.4. The summed E-state index contributed by atoms with van der Waals surface area (Å²) in [6.45, 7) is 1.96. The van der Waals surface area contributed by atoms with Crippen molar-refractivity contribution in [3.8, 4) is 5.75 Å². The number of hydrogen-bond acceptors (Lipinski definition) is 5. The standard InChI is InChI=1S/C23H18FN3O3/c1-13-21(28)18-15(11-25-13)12-30-22(18)19-20(14-5-3-2-4-6-14)26-27(23(19)29)17-9-7-16(24)8-10-17/h2-11,19,22,28H,12H2,1H3/t19-,22+/m1/s1. The minimum absolute atomic E-state index is 0.0374. The van der Waals surface area contributed by atoms with Crippen molar-refractivity contribution in [2.45, 2.75) is 19.6 Å². The molecule has 0 aliphatic carbocycles. The lowest BCUT2D eigenvalue weighted by Crippen LogP contribution is -2.32. The van der Waals surface area contributed by atoms with Gasteiger partial charge >= 0.3 is 0 Å². The van der Waals surface area contributed by atoms with E-state index in [1.807, 2.05) is 30.3 Å². The number of hydrogen-bond donors (Lipinski definition) is 1. The van der Waals surface area contributed by atoms with Gasteiger partial charge in [0.2, 0.25) is 0 Å². The first-order valence-corrected chi connectivity index (χ1v) is 9.57. The number of halogens is 1. The molecule has 2 aliphatic heterocycles. The molecular formula is C23H18FN3O3. The zero-order valence-electron chi connectivity index (χ0n) is 16.1. The van der Waals surface area contributed by atoms with Crippen LogP contribution in [-0.2, 0) is 16.1 Å². The van der Waals surface area contributed by atoms with Gasteiger partial charge in [0.15, 0.2) is 0 Å². The van der Waals surface area contributed by atoms with Crippen LogP contribution in [-0.4, -0.2) is 21.7 Å². The maximum absolute atomic E-state index is 13.5. The van der Waals surface area contributed by atoms with Gasteiger partial charge in [-0.2, -0.15) is 10.1 Å². The van der Waals surface area contributed by atoms with Crippen molar-refractivity contribution in [1.82, 2.24) is 4.98 Å². The molecule has 0 saturated heterocycles. The number of fused-ring (bicyclic) bond motifs is 1. The zero-order valence-corrected chi connectivity index (χ0v) is 16.1. The molecule has 0 unspecified atom stereocenters. The van der Waals surface area contributed by atoms with Gasteiger partial charge in [-0.3, -0.25) is 9.78 Å². The molecule has 7 heteroatoms. The quantitative estimate of drug-likeness (QED) is 0.720. The lowest BCUT2D eigenvalue weighted by Gasteiger charge is -2.21. The van der Waals surface area contributed by atoms with E-state index in [2.05, 4.69) is 10.1 Å². The van der Waals surface area contributed by atoms with Crippen LogP contribution >= 0.6 is 0 Å². The summed E-state index contributed by atoms with van der Waals surface area (Å²) in [5.41, 5.74) is 3.59. The van der Waals surface area contributed by atoms with Gasteiger partial charge in [-0.05, 0) is 36.8 Å². The smallest absolute Gasteiger partial charge is 0.259 e. The Balaban J connectivity index is 1.63. The fourth-order valence-corrected chi connectivity index (χ4v) is 3.96. The minimum Gasteiger partial charge on any atom is -0.506 e. The van der Waals surface area contributed by atoms with Crippen LogP contribution < -0.4 is 5.01 Å². The average molecular weight is 403 g/mol. The highest BCUT2D eigenvalue weighted by Gasteiger charge is 2.47. The second-order valence-electron chi connectivity index (χ2n) is 7.32. The number of aromatic nitrogens is 1. The number of ether oxygens (including phenoxy) is 1. The molecule has 0 spiro atoms. The number of amides is 1. The number of pyridine rings is 1. The molecule has 2 atom stereocenters. The number of carbonyl (C=O) groups excluding carboxylic acids is 1. The highest BCUT2D eigenvalue weighted by molar-refractivity contribution is 6.22. The van der Waals surface area contributed by atoms with Crippen molar-refractivity contribution >= 4 is 17.3 Å². The predicted octanol–water partition coefficient (Wildman–Crippen LogP) is 3.87. The summed E-state index contributed by atoms with van der Waals surface area (Å²) >= 11 is 0. The lowest BCUT2D eigenvalue weighted by atomic mass is 9.87. The molecule has 3 aromatic rings. The Bertz CT molecular complexity index is 1160. The van der Waals surface area contributed by atoms with Crippen LogP contribution in [0.3, 0.4) is 0 Å². The Hall–Kier alpha value is -3.58. The third-order valence-corrected chi connectivity index (χ3v) is 5.48. The Labute approximate surface area is 172 Å². The van der Waals surface area contributed by atoms with Crippen LogP contribution in [0.2, 0.25) is 0 Å². The van der Waals surface area contributed by atoms with Crippen LogP contribution in [0.4, 0.5) is 10.1 Å². The van der Waals surface area contributed by atoms with Crippen molar-refractivity contribution < 1.29 is 19.0 Å². The highest BCUT2D eigenvalue weighted by Crippen LogP contribution is 2.45. The van der Waals surface area contributed by atoms with Crippen molar-refractivity contribution in [2.75, 3.05) is 5.01 Å². The molecule has 1 N–H and O–H groups in total. The number of rotatable bonds is 3. The Kier molecular flexibility index (Phi) is 4.33. The van der Waals surface area contributed by atoms with Gasteiger partial charge in [-0.15, -0.1) is 0 Å². The van der Waals surface area contributed by atoms with Crippen LogP contribution in [0.15, 0.2) is 65.9 Å². The van der Waals surface area contributed by atoms with E-state index in [4.69, 9.17) is 4.74 Å². The molecule has 0 radical (unpaired) electrons. The number of carbonyl (C=O) groups is 1. The first-order valence-electron chi connectivity index (χ1n) is 9.57. The largest absolute Gasteiger partial charge is 0.506 e. The molecule has 3 heterocycles. The first-order chi connectivity index (χ1) is 14.5. The van der Waals surface area contributed by atoms with Gasteiger partial charge in [0, 0.05) is 17.3 Å². The molecule has 0 fully saturated rings. The van der Waals surface area contributed by atoms with Crippen LogP contribution in [0.1, 0.15) is 28.5 Å². The number of hydrazone groups is 1. The van der Waals surface area contributed by atoms with Gasteiger partial charge in [0.1, 0.15) is 23.6 Å². The summed E-state index contributed by atoms with van der Waals surface area (Å²) in [5, 5.41) is 16.5. The van der Waals surface area contributed by atoms with E-state index in [1.165, 1.54) is 29.3 Å². The third-order valence-electron chi connectivity index (χ3n) is 5.48.